The van der Waals surface area contributed by atoms with Crippen molar-refractivity contribution >= 4 is 38.3 Å². The van der Waals surface area contributed by atoms with Crippen molar-refractivity contribution in [3.05, 3.63) is 51.6 Å². The van der Waals surface area contributed by atoms with E-state index in [9.17, 15) is 23.1 Å². The number of carbonyl (C=O) groups is 1. The molecule has 2 aromatic heterocycles. The maximum Gasteiger partial charge on any atom is 0.407 e. The molecule has 1 amide bonds. The lowest BCUT2D eigenvalue weighted by atomic mass is 9.85. The smallest absolute Gasteiger partial charge is 0.407 e. The van der Waals surface area contributed by atoms with Gasteiger partial charge in [0.15, 0.2) is 15.7 Å². The molecule has 1 atom stereocenters. The molecule has 17 heteroatoms. The number of hydrogen-bond acceptors (Lipinski definition) is 10. The predicted octanol–water partition coefficient (Wildman–Crippen LogP) is 4.68. The van der Waals surface area contributed by atoms with E-state index in [2.05, 4.69) is 15.4 Å². The number of aliphatic hydroxyl groups is 1. The Bertz CT molecular complexity index is 1870. The highest BCUT2D eigenvalue weighted by atomic mass is 32.2. The van der Waals surface area contributed by atoms with Crippen molar-refractivity contribution in [2.45, 2.75) is 63.8 Å². The first kappa shape index (κ1) is 38.1. The number of pyridine rings is 1. The number of likely N-dealkylation sites (tertiary alicyclic amines) is 1. The van der Waals surface area contributed by atoms with Crippen LogP contribution in [0, 0.1) is 11.7 Å². The van der Waals surface area contributed by atoms with Gasteiger partial charge < -0.3 is 30.1 Å². The minimum atomic E-state index is -3.56. The fraction of sp³-hybridized carbons (Fsp3) is 0.588. The quantitative estimate of drug-likeness (QED) is 0.197. The zero-order valence-electron chi connectivity index (χ0n) is 28.8. The summed E-state index contributed by atoms with van der Waals surface area (Å²) in [7, 11) is -1.78. The number of anilines is 2. The first-order valence-electron chi connectivity index (χ1n) is 17.3. The average Bonchev–Trinajstić information content (AvgIpc) is 3.09. The molecule has 0 spiro atoms. The fourth-order valence-electron chi connectivity index (χ4n) is 6.62. The highest BCUT2D eigenvalue weighted by Gasteiger charge is 2.45. The van der Waals surface area contributed by atoms with Crippen molar-refractivity contribution < 1.29 is 41.3 Å². The number of benzene rings is 1. The highest BCUT2D eigenvalue weighted by Crippen LogP contribution is 2.44. The molecule has 2 saturated heterocycles. The van der Waals surface area contributed by atoms with Crippen LogP contribution in [0.2, 0.25) is 0 Å². The Hall–Kier alpha value is -4.12. The van der Waals surface area contributed by atoms with Crippen LogP contribution in [0.5, 0.6) is 5.88 Å². The summed E-state index contributed by atoms with van der Waals surface area (Å²) in [5.41, 5.74) is -1.35. The van der Waals surface area contributed by atoms with Crippen LogP contribution in [0.15, 0.2) is 29.1 Å². The van der Waals surface area contributed by atoms with Crippen LogP contribution in [0.3, 0.4) is 0 Å². The second kappa shape index (κ2) is 16.0. The van der Waals surface area contributed by atoms with Crippen molar-refractivity contribution in [3.63, 3.8) is 0 Å². The molecule has 3 aromatic rings. The lowest BCUT2D eigenvalue weighted by Gasteiger charge is -2.35. The summed E-state index contributed by atoms with van der Waals surface area (Å²) in [4.78, 5) is 32.3. The van der Waals surface area contributed by atoms with Crippen LogP contribution >= 0.6 is 0 Å². The summed E-state index contributed by atoms with van der Waals surface area (Å²) in [5, 5.41) is 26.1. The number of alkyl halides is 2. The minimum Gasteiger partial charge on any atom is -0.477 e. The number of amides is 1. The molecule has 4 heterocycles. The topological polar surface area (TPSA) is 167 Å². The third kappa shape index (κ3) is 8.68. The maximum absolute atomic E-state index is 16.0. The second-order valence-electron chi connectivity index (χ2n) is 13.2. The van der Waals surface area contributed by atoms with Crippen molar-refractivity contribution in [2.75, 3.05) is 61.1 Å². The number of aliphatic hydroxyl groups excluding tert-OH is 1. The summed E-state index contributed by atoms with van der Waals surface area (Å²) in [6.07, 6.45) is 2.56. The van der Waals surface area contributed by atoms with E-state index in [1.807, 2.05) is 0 Å². The molecule has 3 N–H and O–H groups in total. The van der Waals surface area contributed by atoms with Gasteiger partial charge in [-0.25, -0.2) is 31.1 Å². The molecular formula is C34H45F3N6O7S. The second-order valence-corrected chi connectivity index (χ2v) is 15.5. The number of carboxylic acid groups (broad SMARTS) is 1. The Morgan fingerprint density at radius 1 is 1.10 bits per heavy atom. The van der Waals surface area contributed by atoms with Gasteiger partial charge in [0.1, 0.15) is 17.0 Å². The monoisotopic (exact) mass is 738 g/mol. The summed E-state index contributed by atoms with van der Waals surface area (Å²) < 4.78 is 79.1. The maximum atomic E-state index is 16.0. The Morgan fingerprint density at radius 2 is 1.76 bits per heavy atom. The third-order valence-electron chi connectivity index (χ3n) is 9.68. The van der Waals surface area contributed by atoms with E-state index in [0.717, 1.165) is 34.9 Å². The molecule has 2 aliphatic rings. The molecule has 5 rings (SSSR count). The molecule has 0 aliphatic carbocycles. The fourth-order valence-corrected chi connectivity index (χ4v) is 7.82. The van der Waals surface area contributed by atoms with Crippen LogP contribution in [0.25, 0.3) is 10.8 Å². The molecule has 2 aliphatic heterocycles. The van der Waals surface area contributed by atoms with Crippen LogP contribution in [-0.4, -0.2) is 95.3 Å². The van der Waals surface area contributed by atoms with Crippen molar-refractivity contribution in [2.24, 2.45) is 13.0 Å². The largest absolute Gasteiger partial charge is 0.477 e. The van der Waals surface area contributed by atoms with E-state index in [4.69, 9.17) is 9.84 Å². The lowest BCUT2D eigenvalue weighted by Crippen LogP contribution is -2.42. The van der Waals surface area contributed by atoms with E-state index in [1.165, 1.54) is 19.2 Å². The molecule has 0 bridgehead atoms. The third-order valence-corrected chi connectivity index (χ3v) is 11.3. The Kier molecular flexibility index (Phi) is 12.0. The van der Waals surface area contributed by atoms with E-state index in [0.29, 0.717) is 18.7 Å². The van der Waals surface area contributed by atoms with Gasteiger partial charge in [-0.15, -0.1) is 0 Å². The number of aryl methyl sites for hydroxylation is 1. The van der Waals surface area contributed by atoms with Gasteiger partial charge in [0.05, 0.1) is 29.7 Å². The summed E-state index contributed by atoms with van der Waals surface area (Å²) in [6.45, 7) is 2.15. The normalized spacial score (nSPS) is 17.5. The number of halogens is 3. The summed E-state index contributed by atoms with van der Waals surface area (Å²) in [6, 6.07) is 4.47. The van der Waals surface area contributed by atoms with Gasteiger partial charge in [0.25, 0.3) is 11.5 Å². The molecular weight excluding hydrogens is 693 g/mol. The molecule has 0 saturated carbocycles. The molecule has 51 heavy (non-hydrogen) atoms. The van der Waals surface area contributed by atoms with Gasteiger partial charge in [-0.1, -0.05) is 37.5 Å². The summed E-state index contributed by atoms with van der Waals surface area (Å²) in [5.74, 6) is -5.52. The Morgan fingerprint density at radius 3 is 2.43 bits per heavy atom. The van der Waals surface area contributed by atoms with Crippen molar-refractivity contribution in [1.29, 1.82) is 0 Å². The first-order valence-corrected chi connectivity index (χ1v) is 19.1. The highest BCUT2D eigenvalue weighted by molar-refractivity contribution is 7.91. The van der Waals surface area contributed by atoms with Gasteiger partial charge >= 0.3 is 6.09 Å². The number of piperidine rings is 1. The number of rotatable bonds is 14. The standard InChI is InChI=1S/C34H45F3N6O7S/c1-22(24-9-8-10-26(29(24)35)34(36,37)23-11-13-43(14-12-23)33(46)47)38-30-25-21-27(42-15-19-51(48,49)20-16-42)39-31(28(25)32(45)41(2)40-30)50-18-7-5-3-4-6-17-44/h8-10,21-23,44H,3-7,11-20H2,1-2H3,(H,38,40)(H,46,47). The molecule has 1 aromatic carbocycles. The van der Waals surface area contributed by atoms with Crippen molar-refractivity contribution in [1.82, 2.24) is 19.7 Å². The minimum absolute atomic E-state index is 0.0340. The zero-order valence-corrected chi connectivity index (χ0v) is 29.6. The van der Waals surface area contributed by atoms with Gasteiger partial charge in [0, 0.05) is 56.7 Å². The van der Waals surface area contributed by atoms with E-state index >= 15 is 13.2 Å². The molecule has 0 radical (unpaired) electrons. The SMILES string of the molecule is CC(Nc1nn(C)c(=O)c2c(OCCCCCCCO)nc(N3CCS(=O)(=O)CC3)cc12)c1cccc(C(F)(F)C2CCN(C(=O)O)CC2)c1F. The number of aromatic nitrogens is 3. The lowest BCUT2D eigenvalue weighted by molar-refractivity contribution is -0.0861. The number of nitrogens with zero attached hydrogens (tertiary/aromatic N) is 5. The number of ether oxygens (including phenoxy) is 1. The molecule has 280 valence electrons. The van der Waals surface area contributed by atoms with Crippen LogP contribution in [-0.2, 0) is 22.8 Å². The van der Waals surface area contributed by atoms with Gasteiger partial charge in [-0.05, 0) is 38.7 Å². The number of unbranched alkanes of at least 4 members (excludes halogenated alkanes) is 4. The van der Waals surface area contributed by atoms with Gasteiger partial charge in [0.2, 0.25) is 5.88 Å². The molecule has 13 nitrogen and oxygen atoms in total. The average molecular weight is 739 g/mol. The van der Waals surface area contributed by atoms with E-state index in [-0.39, 0.29) is 91.8 Å². The number of sulfone groups is 1. The number of nitrogens with one attached hydrogen (secondary N) is 1. The molecule has 2 fully saturated rings. The Labute approximate surface area is 294 Å². The molecule has 1 unspecified atom stereocenters. The number of fused-ring (bicyclic) bond motifs is 1. The number of hydrogen-bond donors (Lipinski definition) is 3. The van der Waals surface area contributed by atoms with Crippen LogP contribution in [0.4, 0.5) is 29.6 Å². The first-order chi connectivity index (χ1) is 24.2. The van der Waals surface area contributed by atoms with Crippen LogP contribution < -0.4 is 20.5 Å². The Balaban J connectivity index is 1.47. The predicted molar refractivity (Wildman–Crippen MR) is 186 cm³/mol. The van der Waals surface area contributed by atoms with Crippen LogP contribution in [0.1, 0.15) is 69.0 Å². The van der Waals surface area contributed by atoms with Crippen molar-refractivity contribution in [3.8, 4) is 5.88 Å². The van der Waals surface area contributed by atoms with E-state index in [1.54, 1.807) is 17.9 Å². The van der Waals surface area contributed by atoms with Gasteiger partial charge in [-0.2, -0.15) is 10.1 Å². The van der Waals surface area contributed by atoms with E-state index < -0.39 is 50.8 Å². The van der Waals surface area contributed by atoms with Gasteiger partial charge in [-0.3, -0.25) is 4.79 Å². The zero-order chi connectivity index (χ0) is 36.9. The summed E-state index contributed by atoms with van der Waals surface area (Å²) >= 11 is 0.